The highest BCUT2D eigenvalue weighted by molar-refractivity contribution is 8.26. The van der Waals surface area contributed by atoms with Crippen LogP contribution in [0.5, 0.6) is 23.0 Å². The first kappa shape index (κ1) is 25.5. The summed E-state index contributed by atoms with van der Waals surface area (Å²) in [6.45, 7) is 0. The second kappa shape index (κ2) is 9.79. The molecule has 0 aliphatic carbocycles. The Kier molecular flexibility index (Phi) is 5.68. The quantitative estimate of drug-likeness (QED) is 0.188. The highest BCUT2D eigenvalue weighted by atomic mass is 32.4. The van der Waals surface area contributed by atoms with E-state index in [-0.39, 0.29) is 0 Å². The zero-order chi connectivity index (χ0) is 29.3. The fourth-order valence-corrected chi connectivity index (χ4v) is 11.1. The summed E-state index contributed by atoms with van der Waals surface area (Å²) in [5.74, 6) is 3.28. The molecule has 2 aliphatic rings. The molecule has 1 unspecified atom stereocenters. The third kappa shape index (κ3) is 3.77. The predicted molar refractivity (Wildman–Crippen MR) is 186 cm³/mol. The smallest absolute Gasteiger partial charge is 0.148 e. The van der Waals surface area contributed by atoms with Gasteiger partial charge in [0.1, 0.15) is 23.0 Å². The molecule has 208 valence electrons. The molecule has 2 heterocycles. The second-order valence-corrected chi connectivity index (χ2v) is 15.5. The Bertz CT molecular complexity index is 2250. The minimum Gasteiger partial charge on any atom is -0.456 e. The highest BCUT2D eigenvalue weighted by Crippen LogP contribution is 2.61. The Labute approximate surface area is 261 Å². The predicted octanol–water partition coefficient (Wildman–Crippen LogP) is 9.81. The van der Waals surface area contributed by atoms with Crippen molar-refractivity contribution in [2.45, 2.75) is 0 Å². The van der Waals surface area contributed by atoms with E-state index in [2.05, 4.69) is 140 Å². The molecular formula is C40H25O2PS. The van der Waals surface area contributed by atoms with E-state index < -0.39 is 6.04 Å². The molecule has 4 heteroatoms. The first-order valence-corrected chi connectivity index (χ1v) is 17.5. The molecule has 0 fully saturated rings. The van der Waals surface area contributed by atoms with Crippen LogP contribution in [0.4, 0.5) is 0 Å². The number of fused-ring (bicyclic) bond motifs is 6. The number of rotatable bonds is 3. The van der Waals surface area contributed by atoms with Gasteiger partial charge < -0.3 is 9.47 Å². The van der Waals surface area contributed by atoms with Gasteiger partial charge in [-0.15, -0.1) is 0 Å². The van der Waals surface area contributed by atoms with Crippen LogP contribution in [0, 0.1) is 0 Å². The molecule has 0 radical (unpaired) electrons. The SMILES string of the molecule is S=P12c3ccccc3Oc3ccc(-c4cc(-c5ccccc5)cc(-c5ccccc5)c4)c(c31)Oc1c2ccc2ccccc12. The van der Waals surface area contributed by atoms with Gasteiger partial charge in [0.2, 0.25) is 0 Å². The van der Waals surface area contributed by atoms with Crippen LogP contribution in [0.1, 0.15) is 0 Å². The highest BCUT2D eigenvalue weighted by Gasteiger charge is 2.44. The van der Waals surface area contributed by atoms with Crippen molar-refractivity contribution < 1.29 is 9.47 Å². The molecule has 0 spiro atoms. The molecule has 0 amide bonds. The average molecular weight is 601 g/mol. The maximum atomic E-state index is 7.08. The zero-order valence-corrected chi connectivity index (χ0v) is 25.3. The zero-order valence-electron chi connectivity index (χ0n) is 23.6. The molecule has 2 aliphatic heterocycles. The van der Waals surface area contributed by atoms with Gasteiger partial charge in [0.15, 0.2) is 0 Å². The molecule has 0 N–H and O–H groups in total. The summed E-state index contributed by atoms with van der Waals surface area (Å²) in [4.78, 5) is 0. The van der Waals surface area contributed by atoms with Crippen LogP contribution in [0.25, 0.3) is 44.2 Å². The maximum Gasteiger partial charge on any atom is 0.148 e. The summed E-state index contributed by atoms with van der Waals surface area (Å²) in [7, 11) is 0. The van der Waals surface area contributed by atoms with Crippen molar-refractivity contribution in [2.75, 3.05) is 0 Å². The van der Waals surface area contributed by atoms with Crippen molar-refractivity contribution in [2.24, 2.45) is 0 Å². The van der Waals surface area contributed by atoms with E-state index >= 15 is 0 Å². The van der Waals surface area contributed by atoms with Crippen LogP contribution < -0.4 is 25.4 Å². The van der Waals surface area contributed by atoms with Crippen molar-refractivity contribution in [3.63, 3.8) is 0 Å². The van der Waals surface area contributed by atoms with E-state index in [0.29, 0.717) is 0 Å². The molecule has 0 bridgehead atoms. The summed E-state index contributed by atoms with van der Waals surface area (Å²) in [6, 6.07) is 50.6. The van der Waals surface area contributed by atoms with E-state index in [1.54, 1.807) is 0 Å². The average Bonchev–Trinajstić information content (AvgIpc) is 3.09. The van der Waals surface area contributed by atoms with Crippen molar-refractivity contribution in [3.8, 4) is 56.4 Å². The van der Waals surface area contributed by atoms with E-state index in [9.17, 15) is 0 Å². The molecular weight excluding hydrogens is 575 g/mol. The Balaban J connectivity index is 1.35. The first-order valence-electron chi connectivity index (χ1n) is 14.7. The molecule has 0 saturated carbocycles. The van der Waals surface area contributed by atoms with Gasteiger partial charge in [-0.1, -0.05) is 115 Å². The van der Waals surface area contributed by atoms with E-state index in [4.69, 9.17) is 21.3 Å². The summed E-state index contributed by atoms with van der Waals surface area (Å²) < 4.78 is 13.6. The summed E-state index contributed by atoms with van der Waals surface area (Å²) >= 11 is 6.89. The van der Waals surface area contributed by atoms with Crippen molar-refractivity contribution in [3.05, 3.63) is 152 Å². The van der Waals surface area contributed by atoms with Crippen molar-refractivity contribution in [1.29, 1.82) is 0 Å². The van der Waals surface area contributed by atoms with Gasteiger partial charge in [-0.05, 0) is 81.7 Å². The monoisotopic (exact) mass is 600 g/mol. The van der Waals surface area contributed by atoms with Crippen LogP contribution in [0.3, 0.4) is 0 Å². The van der Waals surface area contributed by atoms with E-state index in [1.807, 2.05) is 12.1 Å². The topological polar surface area (TPSA) is 18.5 Å². The van der Waals surface area contributed by atoms with E-state index in [0.717, 1.165) is 83.1 Å². The lowest BCUT2D eigenvalue weighted by Crippen LogP contribution is -2.35. The molecule has 1 atom stereocenters. The Morgan fingerprint density at radius 1 is 0.432 bits per heavy atom. The molecule has 7 aromatic rings. The second-order valence-electron chi connectivity index (χ2n) is 11.2. The van der Waals surface area contributed by atoms with Gasteiger partial charge in [-0.2, -0.15) is 0 Å². The minimum absolute atomic E-state index is 0.784. The summed E-state index contributed by atoms with van der Waals surface area (Å²) in [6.07, 6.45) is 0. The maximum absolute atomic E-state index is 7.08. The lowest BCUT2D eigenvalue weighted by molar-refractivity contribution is 0.470. The van der Waals surface area contributed by atoms with Gasteiger partial charge in [0.25, 0.3) is 0 Å². The number of benzene rings is 7. The van der Waals surface area contributed by atoms with Crippen molar-refractivity contribution >= 4 is 44.5 Å². The lowest BCUT2D eigenvalue weighted by atomic mass is 9.93. The number of hydrogen-bond acceptors (Lipinski definition) is 3. The minimum atomic E-state index is -2.52. The van der Waals surface area contributed by atoms with Crippen LogP contribution in [0.2, 0.25) is 0 Å². The fraction of sp³-hybridized carbons (Fsp3) is 0. The number of hydrogen-bond donors (Lipinski definition) is 0. The number of ether oxygens (including phenoxy) is 2. The third-order valence-corrected chi connectivity index (χ3v) is 13.6. The lowest BCUT2D eigenvalue weighted by Gasteiger charge is -2.38. The molecule has 0 saturated heterocycles. The standard InChI is InChI=1S/C40H25O2PS/c44-43-36-18-10-9-17-34(36)41-35-21-20-33(39(40(35)43)42-38-32-16-8-7-15-28(32)19-22-37(38)43)31-24-29(26-11-3-1-4-12-26)23-30(25-31)27-13-5-2-6-14-27/h1-25H. The van der Waals surface area contributed by atoms with Gasteiger partial charge in [-0.3, -0.25) is 0 Å². The first-order chi connectivity index (χ1) is 21.7. The van der Waals surface area contributed by atoms with Gasteiger partial charge in [0, 0.05) is 21.6 Å². The van der Waals surface area contributed by atoms with Crippen LogP contribution in [-0.2, 0) is 11.8 Å². The number of para-hydroxylation sites is 1. The van der Waals surface area contributed by atoms with Gasteiger partial charge in [0.05, 0.1) is 11.3 Å². The largest absolute Gasteiger partial charge is 0.456 e. The Morgan fingerprint density at radius 3 is 1.82 bits per heavy atom. The van der Waals surface area contributed by atoms with Crippen molar-refractivity contribution in [1.82, 2.24) is 0 Å². The summed E-state index contributed by atoms with van der Waals surface area (Å²) in [5.41, 5.74) is 6.71. The molecule has 0 aromatic heterocycles. The normalized spacial score (nSPS) is 15.8. The third-order valence-electron chi connectivity index (χ3n) is 8.69. The molecule has 2 nitrogen and oxygen atoms in total. The van der Waals surface area contributed by atoms with Gasteiger partial charge in [-0.25, -0.2) is 0 Å². The molecule has 9 rings (SSSR count). The Hall–Kier alpha value is -4.95. The van der Waals surface area contributed by atoms with Crippen LogP contribution >= 0.6 is 6.04 Å². The molecule has 7 aromatic carbocycles. The van der Waals surface area contributed by atoms with Crippen LogP contribution in [-0.4, -0.2) is 0 Å². The molecule has 44 heavy (non-hydrogen) atoms. The summed E-state index contributed by atoms with van der Waals surface area (Å²) in [5, 5.41) is 5.36. The van der Waals surface area contributed by atoms with E-state index in [1.165, 1.54) is 0 Å². The van der Waals surface area contributed by atoms with Gasteiger partial charge >= 0.3 is 0 Å². The van der Waals surface area contributed by atoms with Crippen LogP contribution in [0.15, 0.2) is 152 Å². The Morgan fingerprint density at radius 2 is 1.07 bits per heavy atom. The fourth-order valence-electron chi connectivity index (χ4n) is 6.62.